The van der Waals surface area contributed by atoms with Crippen molar-refractivity contribution in [3.63, 3.8) is 0 Å². The van der Waals surface area contributed by atoms with Crippen molar-refractivity contribution in [2.75, 3.05) is 0 Å². The fourth-order valence-corrected chi connectivity index (χ4v) is 6.59. The number of fused-ring (bicyclic) bond motifs is 9. The Hall–Kier alpha value is -5.46. The second-order valence-corrected chi connectivity index (χ2v) is 11.0. The van der Waals surface area contributed by atoms with E-state index >= 15 is 0 Å². The minimum Gasteiger partial charge on any atom is -0.0616 e. The van der Waals surface area contributed by atoms with Crippen LogP contribution in [-0.2, 0) is 0 Å². The first kappa shape index (κ1) is 19.6. The lowest BCUT2D eigenvalue weighted by Crippen LogP contribution is -1.86. The van der Waals surface area contributed by atoms with Gasteiger partial charge >= 0.3 is 0 Å². The van der Waals surface area contributed by atoms with Gasteiger partial charge in [0.15, 0.2) is 0 Å². The highest BCUT2D eigenvalue weighted by molar-refractivity contribution is 6.18. The van der Waals surface area contributed by atoms with Gasteiger partial charge in [0.05, 0.1) is 5.48 Å². The van der Waals surface area contributed by atoms with Gasteiger partial charge in [-0.2, -0.15) is 0 Å². The lowest BCUT2D eigenvalue weighted by atomic mass is 9.91. The summed E-state index contributed by atoms with van der Waals surface area (Å²) in [6, 6.07) is 45.4. The summed E-state index contributed by atoms with van der Waals surface area (Å²) in [5.74, 6) is 0. The zero-order chi connectivity index (χ0) is 31.1. The van der Waals surface area contributed by atoms with Gasteiger partial charge in [-0.1, -0.05) is 139 Å². The predicted molar refractivity (Wildman–Crippen MR) is 182 cm³/mol. The van der Waals surface area contributed by atoms with E-state index in [0.29, 0.717) is 22.3 Å². The molecule has 0 saturated heterocycles. The molecule has 0 spiro atoms. The summed E-state index contributed by atoms with van der Waals surface area (Å²) >= 11 is 0. The van der Waals surface area contributed by atoms with Crippen molar-refractivity contribution in [2.45, 2.75) is 0 Å². The summed E-state index contributed by atoms with van der Waals surface area (Å²) in [6.45, 7) is 0. The lowest BCUT2D eigenvalue weighted by molar-refractivity contribution is 1.63. The molecule has 0 saturated carbocycles. The Morgan fingerprint density at radius 1 is 0.310 bits per heavy atom. The molecule has 0 aliphatic rings. The molecule has 0 heteroatoms. The number of hydrogen-bond donors (Lipinski definition) is 0. The predicted octanol–water partition coefficient (Wildman–Crippen LogP) is 11.9. The Labute approximate surface area is 249 Å². The van der Waals surface area contributed by atoms with Crippen molar-refractivity contribution in [3.8, 4) is 22.3 Å². The third-order valence-electron chi connectivity index (χ3n) is 8.65. The third kappa shape index (κ3) is 3.56. The molecule has 9 rings (SSSR count). The van der Waals surface area contributed by atoms with Crippen LogP contribution < -0.4 is 0 Å². The molecular formula is C42H26. The van der Waals surface area contributed by atoms with E-state index in [-0.39, 0.29) is 24.2 Å². The standard InChI is InChI=1S/C42H26/c1-2-8-32-26-41-35(24-31(32)7-1)17-16-30-9-5-11-38(42(30)41)29-14-12-27(13-15-29)33-19-21-37-34(25-33)20-23-39-36-10-4-3-6-28(36)18-22-40(37)39/h1-26H/i12D,13D,14D,15D. The summed E-state index contributed by atoms with van der Waals surface area (Å²) < 4.78 is 36.8. The second-order valence-electron chi connectivity index (χ2n) is 11.0. The lowest BCUT2D eigenvalue weighted by Gasteiger charge is -2.13. The maximum Gasteiger partial charge on any atom is 0.0629 e. The fraction of sp³-hybridized carbons (Fsp3) is 0. The van der Waals surface area contributed by atoms with E-state index in [1.54, 1.807) is 0 Å². The number of hydrogen-bond acceptors (Lipinski definition) is 0. The minimum atomic E-state index is -0.0372. The summed E-state index contributed by atoms with van der Waals surface area (Å²) in [5, 5.41) is 13.1. The van der Waals surface area contributed by atoms with Crippen molar-refractivity contribution in [1.29, 1.82) is 0 Å². The van der Waals surface area contributed by atoms with Crippen molar-refractivity contribution >= 4 is 64.6 Å². The molecule has 0 bridgehead atoms. The molecule has 9 aromatic carbocycles. The van der Waals surface area contributed by atoms with E-state index < -0.39 is 0 Å². The van der Waals surface area contributed by atoms with E-state index in [2.05, 4.69) is 84.9 Å². The van der Waals surface area contributed by atoms with Crippen LogP contribution in [0.15, 0.2) is 158 Å². The maximum atomic E-state index is 9.23. The zero-order valence-corrected chi connectivity index (χ0v) is 22.7. The number of rotatable bonds is 2. The zero-order valence-electron chi connectivity index (χ0n) is 26.7. The molecule has 0 N–H and O–H groups in total. The molecule has 9 aromatic rings. The maximum absolute atomic E-state index is 9.23. The molecule has 42 heavy (non-hydrogen) atoms. The molecule has 0 amide bonds. The van der Waals surface area contributed by atoms with Crippen LogP contribution in [0.4, 0.5) is 0 Å². The van der Waals surface area contributed by atoms with Crippen molar-refractivity contribution in [1.82, 2.24) is 0 Å². The van der Waals surface area contributed by atoms with Gasteiger partial charge in [0.25, 0.3) is 0 Å². The Kier molecular flexibility index (Phi) is 4.21. The summed E-state index contributed by atoms with van der Waals surface area (Å²) in [5.41, 5.74) is 2.02. The fourth-order valence-electron chi connectivity index (χ4n) is 6.59. The molecule has 0 unspecified atom stereocenters. The van der Waals surface area contributed by atoms with E-state index in [4.69, 9.17) is 0 Å². The van der Waals surface area contributed by atoms with E-state index in [1.807, 2.05) is 48.5 Å². The van der Waals surface area contributed by atoms with Crippen LogP contribution in [0, 0.1) is 0 Å². The molecular weight excluding hydrogens is 504 g/mol. The van der Waals surface area contributed by atoms with Gasteiger partial charge in [0.2, 0.25) is 0 Å². The third-order valence-corrected chi connectivity index (χ3v) is 8.65. The molecule has 0 nitrogen and oxygen atoms in total. The highest BCUT2D eigenvalue weighted by atomic mass is 14.1. The van der Waals surface area contributed by atoms with Crippen LogP contribution in [0.25, 0.3) is 86.9 Å². The van der Waals surface area contributed by atoms with Crippen molar-refractivity contribution < 1.29 is 5.48 Å². The van der Waals surface area contributed by atoms with Gasteiger partial charge < -0.3 is 0 Å². The molecule has 0 aliphatic carbocycles. The molecule has 0 atom stereocenters. The van der Waals surface area contributed by atoms with Crippen molar-refractivity contribution in [3.05, 3.63) is 158 Å². The van der Waals surface area contributed by atoms with E-state index in [0.717, 1.165) is 48.5 Å². The molecule has 0 radical (unpaired) electrons. The highest BCUT2D eigenvalue weighted by Gasteiger charge is 2.11. The Balaban J connectivity index is 1.25. The molecule has 0 fully saturated rings. The first-order valence-electron chi connectivity index (χ1n) is 16.3. The van der Waals surface area contributed by atoms with Gasteiger partial charge in [0.1, 0.15) is 0 Å². The van der Waals surface area contributed by atoms with E-state index in [1.165, 1.54) is 16.2 Å². The first-order chi connectivity index (χ1) is 22.5. The average Bonchev–Trinajstić information content (AvgIpc) is 3.09. The van der Waals surface area contributed by atoms with Gasteiger partial charge in [-0.15, -0.1) is 0 Å². The largest absolute Gasteiger partial charge is 0.0629 e. The Bertz CT molecular complexity index is 2710. The molecule has 194 valence electrons. The SMILES string of the molecule is [2H]c1c([2H])c(-c2cccc3ccc4cc5ccccc5cc4c23)c([2H])c([2H])c1-c1ccc2c(ccc3c4ccccc4ccc23)c1. The van der Waals surface area contributed by atoms with Gasteiger partial charge in [-0.25, -0.2) is 0 Å². The van der Waals surface area contributed by atoms with Crippen LogP contribution in [0.3, 0.4) is 0 Å². The Morgan fingerprint density at radius 3 is 1.71 bits per heavy atom. The topological polar surface area (TPSA) is 0 Å². The molecule has 0 aliphatic heterocycles. The van der Waals surface area contributed by atoms with E-state index in [9.17, 15) is 5.48 Å². The Morgan fingerprint density at radius 2 is 0.881 bits per heavy atom. The summed E-state index contributed by atoms with van der Waals surface area (Å²) in [7, 11) is 0. The monoisotopic (exact) mass is 534 g/mol. The van der Waals surface area contributed by atoms with Gasteiger partial charge in [-0.05, 0) is 105 Å². The summed E-state index contributed by atoms with van der Waals surface area (Å²) in [6.07, 6.45) is 0. The van der Waals surface area contributed by atoms with Crippen LogP contribution in [-0.4, -0.2) is 0 Å². The van der Waals surface area contributed by atoms with Crippen LogP contribution >= 0.6 is 0 Å². The van der Waals surface area contributed by atoms with Crippen LogP contribution in [0.2, 0.25) is 0 Å². The average molecular weight is 535 g/mol. The number of benzene rings is 9. The van der Waals surface area contributed by atoms with Crippen LogP contribution in [0.1, 0.15) is 5.48 Å². The second kappa shape index (κ2) is 9.03. The first-order valence-corrected chi connectivity index (χ1v) is 14.3. The quantitative estimate of drug-likeness (QED) is 0.153. The van der Waals surface area contributed by atoms with Crippen molar-refractivity contribution in [2.24, 2.45) is 0 Å². The molecule has 0 aromatic heterocycles. The van der Waals surface area contributed by atoms with Crippen LogP contribution in [0.5, 0.6) is 0 Å². The summed E-state index contributed by atoms with van der Waals surface area (Å²) in [4.78, 5) is 0. The normalized spacial score (nSPS) is 13.1. The highest BCUT2D eigenvalue weighted by Crippen LogP contribution is 2.38. The smallest absolute Gasteiger partial charge is 0.0616 e. The van der Waals surface area contributed by atoms with Gasteiger partial charge in [-0.3, -0.25) is 0 Å². The minimum absolute atomic E-state index is 0.0358. The molecule has 0 heterocycles. The van der Waals surface area contributed by atoms with Gasteiger partial charge in [0, 0.05) is 0 Å².